The van der Waals surface area contributed by atoms with Crippen LogP contribution in [0.15, 0.2) is 0 Å². The monoisotopic (exact) mass is 355 g/mol. The third-order valence-electron chi connectivity index (χ3n) is 1.06. The van der Waals surface area contributed by atoms with Crippen LogP contribution in [0.4, 0.5) is 4.79 Å². The first-order chi connectivity index (χ1) is 4.27. The van der Waals surface area contributed by atoms with Crippen LogP contribution in [0.2, 0.25) is 0 Å². The van der Waals surface area contributed by atoms with Gasteiger partial charge in [0.1, 0.15) is 0 Å². The average Bonchev–Trinajstić information content (AvgIpc) is 1.80. The Morgan fingerprint density at radius 2 is 2.10 bits per heavy atom. The van der Waals surface area contributed by atoms with Gasteiger partial charge in [0.25, 0.3) is 5.24 Å². The Morgan fingerprint density at radius 1 is 1.50 bits per heavy atom. The quantitative estimate of drug-likeness (QED) is 0.446. The van der Waals surface area contributed by atoms with Crippen molar-refractivity contribution < 1.29 is 4.79 Å². The maximum absolute atomic E-state index is 10.2. The molecule has 0 bridgehead atoms. The second-order valence-corrected chi connectivity index (χ2v) is 2.35. The predicted octanol–water partition coefficient (Wildman–Crippen LogP) is 1.44. The minimum Gasteiger partial charge on any atom is -0.347 e. The van der Waals surface area contributed by atoms with Gasteiger partial charge < -0.3 is 5.32 Å². The van der Waals surface area contributed by atoms with Gasteiger partial charge in [0.2, 0.25) is 0 Å². The molecule has 0 fully saturated rings. The van der Waals surface area contributed by atoms with Crippen LogP contribution in [0, 0.1) is 0 Å². The molecule has 0 aliphatic carbocycles. The summed E-state index contributed by atoms with van der Waals surface area (Å²) in [5.41, 5.74) is 0. The zero-order valence-corrected chi connectivity index (χ0v) is 11.0. The molecule has 4 heteroatoms. The van der Waals surface area contributed by atoms with E-state index in [0.717, 1.165) is 13.0 Å². The molecule has 0 aromatic rings. The predicted molar refractivity (Wildman–Crippen MR) is 47.7 cm³/mol. The van der Waals surface area contributed by atoms with Gasteiger partial charge in [-0.15, -0.1) is 0 Å². The van der Waals surface area contributed by atoms with Gasteiger partial charge in [-0.1, -0.05) is 32.4 Å². The number of hydrogen-bond donors (Lipinski definition) is 2. The second-order valence-electron chi connectivity index (χ2n) is 1.94. The van der Waals surface area contributed by atoms with Crippen molar-refractivity contribution in [1.29, 1.82) is 0 Å². The van der Waals surface area contributed by atoms with Crippen molar-refractivity contribution in [3.8, 4) is 0 Å². The number of unbranched alkanes of at least 4 members (excludes halogenated alkanes) is 2. The fraction of sp³-hybridized carbons (Fsp3) is 0.833. The average molecular weight is 354 g/mol. The van der Waals surface area contributed by atoms with Gasteiger partial charge in [-0.05, 0) is 6.42 Å². The summed E-state index contributed by atoms with van der Waals surface area (Å²) < 4.78 is 0. The largest absolute Gasteiger partial charge is 0.347 e. The Balaban J connectivity index is 0. The van der Waals surface area contributed by atoms with Crippen LogP contribution in [-0.4, -0.2) is 39.1 Å². The molecule has 0 saturated heterocycles. The number of carbonyl (C=O) groups is 1. The van der Waals surface area contributed by atoms with Crippen LogP contribution < -0.4 is 5.32 Å². The van der Waals surface area contributed by atoms with Gasteiger partial charge in [0.15, 0.2) is 0 Å². The third kappa shape index (κ3) is 11.5. The van der Waals surface area contributed by atoms with Crippen LogP contribution in [0.3, 0.4) is 0 Å². The first-order valence-corrected chi connectivity index (χ1v) is 3.69. The van der Waals surface area contributed by atoms with Crippen molar-refractivity contribution in [2.45, 2.75) is 26.2 Å². The molecule has 1 N–H and O–H groups in total. The van der Waals surface area contributed by atoms with Crippen LogP contribution >= 0.6 is 12.6 Å². The summed E-state index contributed by atoms with van der Waals surface area (Å²) in [5, 5.41) is 2.38. The van der Waals surface area contributed by atoms with E-state index in [1.807, 2.05) is 0 Å². The van der Waals surface area contributed by atoms with Crippen molar-refractivity contribution in [2.24, 2.45) is 0 Å². The maximum atomic E-state index is 10.2. The van der Waals surface area contributed by atoms with E-state index in [9.17, 15) is 4.79 Å². The zero-order valence-electron chi connectivity index (χ0n) is 6.18. The van der Waals surface area contributed by atoms with Crippen LogP contribution in [0.5, 0.6) is 0 Å². The van der Waals surface area contributed by atoms with Gasteiger partial charge in [-0.25, -0.2) is 0 Å². The van der Waals surface area contributed by atoms with E-state index in [4.69, 9.17) is 0 Å². The molecule has 0 rings (SSSR count). The number of hydrogen-bond acceptors (Lipinski definition) is 1. The van der Waals surface area contributed by atoms with Gasteiger partial charge in [0, 0.05) is 33.8 Å². The Morgan fingerprint density at radius 3 is 2.50 bits per heavy atom. The molecule has 0 atom stereocenters. The summed E-state index contributed by atoms with van der Waals surface area (Å²) in [6.45, 7) is 2.89. The van der Waals surface area contributed by atoms with E-state index in [0.29, 0.717) is 0 Å². The van der Waals surface area contributed by atoms with E-state index < -0.39 is 0 Å². The number of thiol groups is 1. The van der Waals surface area contributed by atoms with Crippen LogP contribution in [-0.2, 0) is 0 Å². The molecular weight excluding hydrogens is 341 g/mol. The first kappa shape index (κ1) is 13.3. The van der Waals surface area contributed by atoms with Crippen LogP contribution in [0.1, 0.15) is 26.2 Å². The summed E-state index contributed by atoms with van der Waals surface area (Å²) in [6, 6.07) is 0. The molecule has 0 aliphatic rings. The smallest absolute Gasteiger partial charge is 0.275 e. The molecule has 10 heavy (non-hydrogen) atoms. The Kier molecular flexibility index (Phi) is 13.0. The van der Waals surface area contributed by atoms with Gasteiger partial charge in [-0.2, -0.15) is 0 Å². The van der Waals surface area contributed by atoms with E-state index >= 15 is 0 Å². The summed E-state index contributed by atoms with van der Waals surface area (Å²) in [6.07, 6.45) is 3.42. The number of carbonyl (C=O) groups excluding carboxylic acids is 1. The molecule has 1 amide bonds. The van der Waals surface area contributed by atoms with Gasteiger partial charge in [0.05, 0.1) is 0 Å². The third-order valence-corrected chi connectivity index (χ3v) is 1.21. The molecule has 0 aliphatic heterocycles. The molecular formula is C6H13NOPbS. The molecule has 0 saturated carbocycles. The SMILES string of the molecule is CCCCCNC(=O)S.[Pb]. The summed E-state index contributed by atoms with van der Waals surface area (Å²) in [7, 11) is 0. The molecule has 0 heterocycles. The van der Waals surface area contributed by atoms with Gasteiger partial charge >= 0.3 is 0 Å². The number of nitrogens with one attached hydrogen (secondary N) is 1. The summed E-state index contributed by atoms with van der Waals surface area (Å²) in [4.78, 5) is 10.2. The van der Waals surface area contributed by atoms with Crippen molar-refractivity contribution in [2.75, 3.05) is 6.54 Å². The fourth-order valence-corrected chi connectivity index (χ4v) is 0.682. The van der Waals surface area contributed by atoms with Crippen molar-refractivity contribution in [3.63, 3.8) is 0 Å². The van der Waals surface area contributed by atoms with E-state index in [1.54, 1.807) is 0 Å². The minimum absolute atomic E-state index is 0. The molecule has 2 nitrogen and oxygen atoms in total. The maximum Gasteiger partial charge on any atom is 0.275 e. The Bertz CT molecular complexity index is 89.8. The molecule has 0 aromatic heterocycles. The fourth-order valence-electron chi connectivity index (χ4n) is 0.570. The first-order valence-electron chi connectivity index (χ1n) is 3.24. The summed E-state index contributed by atoms with van der Waals surface area (Å²) >= 11 is 3.55. The molecule has 58 valence electrons. The molecule has 4 radical (unpaired) electrons. The molecule has 0 spiro atoms. The molecule has 0 unspecified atom stereocenters. The standard InChI is InChI=1S/C6H13NOS.Pb/c1-2-3-4-5-7-6(8)9;/h2-5H2,1H3,(H2,7,8,9);. The Labute approximate surface area is 87.7 Å². The second kappa shape index (κ2) is 9.74. The number of amides is 1. The van der Waals surface area contributed by atoms with E-state index in [1.165, 1.54) is 12.8 Å². The minimum atomic E-state index is -0.230. The van der Waals surface area contributed by atoms with Crippen LogP contribution in [0.25, 0.3) is 0 Å². The molecule has 0 aromatic carbocycles. The van der Waals surface area contributed by atoms with Gasteiger partial charge in [-0.3, -0.25) is 4.79 Å². The van der Waals surface area contributed by atoms with Crippen molar-refractivity contribution >= 4 is 45.2 Å². The van der Waals surface area contributed by atoms with Crippen molar-refractivity contribution in [1.82, 2.24) is 5.32 Å². The number of rotatable bonds is 4. The van der Waals surface area contributed by atoms with E-state index in [2.05, 4.69) is 24.9 Å². The van der Waals surface area contributed by atoms with Crippen molar-refractivity contribution in [3.05, 3.63) is 0 Å². The van der Waals surface area contributed by atoms with E-state index in [-0.39, 0.29) is 32.5 Å². The Hall–Kier alpha value is 0.742. The zero-order chi connectivity index (χ0) is 7.11. The normalized spacial score (nSPS) is 8.20. The topological polar surface area (TPSA) is 29.1 Å². The summed E-state index contributed by atoms with van der Waals surface area (Å²) in [5.74, 6) is 0.